The van der Waals surface area contributed by atoms with Crippen molar-refractivity contribution >= 4 is 40.6 Å². The third kappa shape index (κ3) is 4.08. The van der Waals surface area contributed by atoms with E-state index in [9.17, 15) is 0 Å². The molecule has 0 aliphatic heterocycles. The summed E-state index contributed by atoms with van der Waals surface area (Å²) in [6.07, 6.45) is 4.81. The van der Waals surface area contributed by atoms with Gasteiger partial charge in [-0.2, -0.15) is 0 Å². The van der Waals surface area contributed by atoms with Crippen LogP contribution in [-0.2, 0) is 4.74 Å². The van der Waals surface area contributed by atoms with Crippen molar-refractivity contribution in [3.8, 4) is 0 Å². The summed E-state index contributed by atoms with van der Waals surface area (Å²) >= 11 is 18.1. The molecule has 1 aromatic carbocycles. The van der Waals surface area contributed by atoms with Crippen molar-refractivity contribution in [2.24, 2.45) is 0 Å². The Labute approximate surface area is 124 Å². The number of ether oxygens (including phenoxy) is 1. The Kier molecular flexibility index (Phi) is 6.91. The zero-order chi connectivity index (χ0) is 13.5. The lowest BCUT2D eigenvalue weighted by atomic mass is 10.2. The summed E-state index contributed by atoms with van der Waals surface area (Å²) in [5.41, 5.74) is 0.767. The number of hydrogen-bond donors (Lipinski definition) is 0. The lowest BCUT2D eigenvalue weighted by Gasteiger charge is -2.13. The number of halogens is 3. The van der Waals surface area contributed by atoms with Crippen LogP contribution in [0.4, 0.5) is 0 Å². The van der Waals surface area contributed by atoms with E-state index < -0.39 is 0 Å². The van der Waals surface area contributed by atoms with Crippen molar-refractivity contribution in [3.05, 3.63) is 45.8 Å². The fraction of sp³-hybridized carbons (Fsp3) is 0.357. The first-order valence-corrected chi connectivity index (χ1v) is 6.97. The van der Waals surface area contributed by atoms with Gasteiger partial charge >= 0.3 is 0 Å². The Morgan fingerprint density at radius 1 is 1.22 bits per heavy atom. The highest BCUT2D eigenvalue weighted by Crippen LogP contribution is 2.36. The molecule has 1 rings (SSSR count). The Morgan fingerprint density at radius 2 is 1.94 bits per heavy atom. The van der Waals surface area contributed by atoms with Crippen molar-refractivity contribution in [1.29, 1.82) is 0 Å². The Morgan fingerprint density at radius 3 is 2.56 bits per heavy atom. The first kappa shape index (κ1) is 15.7. The summed E-state index contributed by atoms with van der Waals surface area (Å²) in [4.78, 5) is 0. The Balaban J connectivity index is 2.80. The van der Waals surface area contributed by atoms with Gasteiger partial charge in [0.25, 0.3) is 0 Å². The average Bonchev–Trinajstić information content (AvgIpc) is 2.38. The molecule has 99 valence electrons. The van der Waals surface area contributed by atoms with E-state index in [1.54, 1.807) is 6.07 Å². The van der Waals surface area contributed by atoms with Gasteiger partial charge in [-0.05, 0) is 31.6 Å². The van der Waals surface area contributed by atoms with E-state index in [2.05, 4.69) is 6.92 Å². The van der Waals surface area contributed by atoms with Crippen LogP contribution in [0.3, 0.4) is 0 Å². The highest BCUT2D eigenvalue weighted by atomic mass is 35.5. The maximum absolute atomic E-state index is 6.16. The highest BCUT2D eigenvalue weighted by molar-refractivity contribution is 6.48. The molecule has 0 saturated heterocycles. The summed E-state index contributed by atoms with van der Waals surface area (Å²) in [6.45, 7) is 6.34. The summed E-state index contributed by atoms with van der Waals surface area (Å²) in [7, 11) is 0. The molecule has 1 nitrogen and oxygen atoms in total. The van der Waals surface area contributed by atoms with E-state index in [4.69, 9.17) is 39.5 Å². The maximum atomic E-state index is 6.16. The monoisotopic (exact) mass is 305 g/mol. The maximum Gasteiger partial charge on any atom is 0.123 e. The van der Waals surface area contributed by atoms with Crippen LogP contribution in [0.2, 0.25) is 15.1 Å². The molecule has 0 spiro atoms. The van der Waals surface area contributed by atoms with Crippen LogP contribution in [0.25, 0.3) is 5.76 Å². The molecule has 0 atom stereocenters. The molecule has 0 N–H and O–H groups in total. The number of benzene rings is 1. The van der Waals surface area contributed by atoms with E-state index >= 15 is 0 Å². The lowest BCUT2D eigenvalue weighted by Crippen LogP contribution is -1.96. The van der Waals surface area contributed by atoms with E-state index in [1.165, 1.54) is 0 Å². The third-order valence-electron chi connectivity index (χ3n) is 2.46. The molecule has 0 amide bonds. The van der Waals surface area contributed by atoms with Gasteiger partial charge in [-0.25, -0.2) is 0 Å². The van der Waals surface area contributed by atoms with E-state index in [0.29, 0.717) is 21.7 Å². The summed E-state index contributed by atoms with van der Waals surface area (Å²) in [5, 5.41) is 1.23. The second-order valence-corrected chi connectivity index (χ2v) is 4.95. The van der Waals surface area contributed by atoms with E-state index in [0.717, 1.165) is 30.6 Å². The smallest absolute Gasteiger partial charge is 0.123 e. The minimum atomic E-state index is 0.358. The van der Waals surface area contributed by atoms with Gasteiger partial charge in [-0.15, -0.1) is 0 Å². The highest BCUT2D eigenvalue weighted by Gasteiger charge is 2.12. The fourth-order valence-electron chi connectivity index (χ4n) is 1.49. The van der Waals surface area contributed by atoms with Gasteiger partial charge in [0.1, 0.15) is 5.76 Å². The van der Waals surface area contributed by atoms with Gasteiger partial charge in [0.2, 0.25) is 0 Å². The molecule has 0 aliphatic carbocycles. The average molecular weight is 307 g/mol. The van der Waals surface area contributed by atoms with Gasteiger partial charge in [0.15, 0.2) is 0 Å². The first-order valence-electron chi connectivity index (χ1n) is 5.84. The van der Waals surface area contributed by atoms with Crippen LogP contribution >= 0.6 is 34.8 Å². The topological polar surface area (TPSA) is 9.23 Å². The van der Waals surface area contributed by atoms with Crippen LogP contribution in [0.15, 0.2) is 18.2 Å². The SMILES string of the molecule is [CH2]CCCCOC(=CC)c1ccc(Cl)c(Cl)c1Cl. The Bertz CT molecular complexity index is 427. The van der Waals surface area contributed by atoms with Crippen molar-refractivity contribution in [2.45, 2.75) is 26.2 Å². The van der Waals surface area contributed by atoms with Crippen LogP contribution in [0, 0.1) is 6.92 Å². The summed E-state index contributed by atoms with van der Waals surface area (Å²) in [6, 6.07) is 3.53. The second kappa shape index (κ2) is 7.93. The minimum Gasteiger partial charge on any atom is -0.493 e. The Hall–Kier alpha value is -0.370. The van der Waals surface area contributed by atoms with Crippen molar-refractivity contribution < 1.29 is 4.74 Å². The van der Waals surface area contributed by atoms with Gasteiger partial charge < -0.3 is 4.74 Å². The van der Waals surface area contributed by atoms with Crippen LogP contribution in [0.1, 0.15) is 31.7 Å². The second-order valence-electron chi connectivity index (χ2n) is 3.78. The molecule has 0 saturated carbocycles. The van der Waals surface area contributed by atoms with Gasteiger partial charge in [-0.3, -0.25) is 0 Å². The standard InChI is InChI=1S/C14H16Cl3O/c1-3-5-6-9-18-12(4-2)10-7-8-11(15)14(17)13(10)16/h4,7-8H,1,3,5-6,9H2,2H3. The zero-order valence-electron chi connectivity index (χ0n) is 10.3. The van der Waals surface area contributed by atoms with Crippen molar-refractivity contribution in [1.82, 2.24) is 0 Å². The fourth-order valence-corrected chi connectivity index (χ4v) is 2.12. The predicted molar refractivity (Wildman–Crippen MR) is 80.3 cm³/mol. The van der Waals surface area contributed by atoms with Crippen molar-refractivity contribution in [3.63, 3.8) is 0 Å². The predicted octanol–water partition coefficient (Wildman–Crippen LogP) is 6.03. The molecule has 0 fully saturated rings. The summed E-state index contributed by atoms with van der Waals surface area (Å²) < 4.78 is 5.70. The van der Waals surface area contributed by atoms with Crippen LogP contribution < -0.4 is 0 Å². The normalized spacial score (nSPS) is 11.7. The molecule has 0 bridgehead atoms. The summed E-state index contributed by atoms with van der Waals surface area (Å²) in [5.74, 6) is 0.725. The molecule has 0 aliphatic rings. The van der Waals surface area contributed by atoms with E-state index in [1.807, 2.05) is 19.1 Å². The molecule has 0 aromatic heterocycles. The molecule has 1 aromatic rings. The van der Waals surface area contributed by atoms with E-state index in [-0.39, 0.29) is 0 Å². The minimum absolute atomic E-state index is 0.358. The molecule has 18 heavy (non-hydrogen) atoms. The number of hydrogen-bond acceptors (Lipinski definition) is 1. The zero-order valence-corrected chi connectivity index (χ0v) is 12.6. The number of rotatable bonds is 6. The van der Waals surface area contributed by atoms with Gasteiger partial charge in [0.05, 0.1) is 21.7 Å². The number of allylic oxidation sites excluding steroid dienone is 1. The molecule has 0 heterocycles. The molecule has 1 radical (unpaired) electrons. The molecule has 0 unspecified atom stereocenters. The third-order valence-corrected chi connectivity index (χ3v) is 3.76. The molecular weight excluding hydrogens is 291 g/mol. The van der Waals surface area contributed by atoms with Gasteiger partial charge in [-0.1, -0.05) is 54.6 Å². The lowest BCUT2D eigenvalue weighted by molar-refractivity contribution is 0.268. The molecule has 4 heteroatoms. The quantitative estimate of drug-likeness (QED) is 0.354. The van der Waals surface area contributed by atoms with Crippen molar-refractivity contribution in [2.75, 3.05) is 6.61 Å². The van der Waals surface area contributed by atoms with Crippen LogP contribution in [-0.4, -0.2) is 6.61 Å². The molecular formula is C14H16Cl3O. The first-order chi connectivity index (χ1) is 8.61. The van der Waals surface area contributed by atoms with Gasteiger partial charge in [0, 0.05) is 5.56 Å². The van der Waals surface area contributed by atoms with Crippen LogP contribution in [0.5, 0.6) is 0 Å². The largest absolute Gasteiger partial charge is 0.493 e. The number of unbranched alkanes of at least 4 members (excludes halogenated alkanes) is 2.